The van der Waals surface area contributed by atoms with Crippen LogP contribution in [0.1, 0.15) is 32.4 Å². The minimum absolute atomic E-state index is 0.0741. The fraction of sp³-hybridized carbons (Fsp3) is 0.538. The van der Waals surface area contributed by atoms with Crippen LogP contribution < -0.4 is 11.3 Å². The minimum Gasteiger partial charge on any atom is -0.376 e. The van der Waals surface area contributed by atoms with Gasteiger partial charge in [-0.05, 0) is 25.0 Å². The topological polar surface area (TPSA) is 47.3 Å². The number of halogens is 2. The summed E-state index contributed by atoms with van der Waals surface area (Å²) >= 11 is 0. The van der Waals surface area contributed by atoms with Crippen LogP contribution in [0.3, 0.4) is 0 Å². The van der Waals surface area contributed by atoms with Gasteiger partial charge in [0.1, 0.15) is 11.6 Å². The van der Waals surface area contributed by atoms with Crippen molar-refractivity contribution in [3.05, 3.63) is 35.4 Å². The number of hydrogen-bond acceptors (Lipinski definition) is 3. The fourth-order valence-corrected chi connectivity index (χ4v) is 2.02. The van der Waals surface area contributed by atoms with Crippen molar-refractivity contribution in [2.45, 2.75) is 32.9 Å². The van der Waals surface area contributed by atoms with E-state index in [1.165, 1.54) is 18.2 Å². The maximum Gasteiger partial charge on any atom is 0.131 e. The van der Waals surface area contributed by atoms with Crippen molar-refractivity contribution in [1.29, 1.82) is 0 Å². The van der Waals surface area contributed by atoms with Gasteiger partial charge in [-0.3, -0.25) is 11.3 Å². The van der Waals surface area contributed by atoms with Gasteiger partial charge in [-0.2, -0.15) is 0 Å². The highest BCUT2D eigenvalue weighted by Crippen LogP contribution is 2.28. The zero-order chi connectivity index (χ0) is 13.7. The van der Waals surface area contributed by atoms with Crippen molar-refractivity contribution < 1.29 is 13.5 Å². The summed E-state index contributed by atoms with van der Waals surface area (Å²) in [5, 5.41) is 0. The van der Waals surface area contributed by atoms with Gasteiger partial charge in [0.25, 0.3) is 0 Å². The van der Waals surface area contributed by atoms with Crippen LogP contribution in [0.4, 0.5) is 8.78 Å². The number of hydrogen-bond donors (Lipinski definition) is 2. The van der Waals surface area contributed by atoms with E-state index in [4.69, 9.17) is 10.6 Å². The SMILES string of the molecule is CCOC(C(C)C)C(NN)c1c(F)cccc1F. The van der Waals surface area contributed by atoms with E-state index >= 15 is 0 Å². The molecule has 18 heavy (non-hydrogen) atoms. The van der Waals surface area contributed by atoms with Gasteiger partial charge in [-0.15, -0.1) is 0 Å². The van der Waals surface area contributed by atoms with Gasteiger partial charge in [-0.25, -0.2) is 8.78 Å². The molecule has 2 unspecified atom stereocenters. The molecule has 0 aliphatic rings. The van der Waals surface area contributed by atoms with Gasteiger partial charge >= 0.3 is 0 Å². The lowest BCUT2D eigenvalue weighted by molar-refractivity contribution is 0.00108. The van der Waals surface area contributed by atoms with Gasteiger partial charge in [0.2, 0.25) is 0 Å². The average Bonchev–Trinajstić information content (AvgIpc) is 2.31. The number of ether oxygens (including phenoxy) is 1. The lowest BCUT2D eigenvalue weighted by atomic mass is 9.93. The molecule has 102 valence electrons. The quantitative estimate of drug-likeness (QED) is 0.609. The van der Waals surface area contributed by atoms with E-state index in [0.717, 1.165) is 0 Å². The van der Waals surface area contributed by atoms with E-state index in [9.17, 15) is 8.78 Å². The molecule has 2 atom stereocenters. The van der Waals surface area contributed by atoms with E-state index in [2.05, 4.69) is 5.43 Å². The van der Waals surface area contributed by atoms with Crippen LogP contribution in [0, 0.1) is 17.6 Å². The first-order chi connectivity index (χ1) is 8.52. The second-order valence-electron chi connectivity index (χ2n) is 4.44. The molecule has 0 bridgehead atoms. The standard InChI is InChI=1S/C13H20F2N2O/c1-4-18-13(8(2)3)12(17-16)11-9(14)6-5-7-10(11)15/h5-8,12-13,17H,4,16H2,1-3H3. The zero-order valence-electron chi connectivity index (χ0n) is 10.9. The molecule has 0 saturated heterocycles. The molecular formula is C13H20F2N2O. The Morgan fingerprint density at radius 3 is 2.22 bits per heavy atom. The van der Waals surface area contributed by atoms with E-state index in [-0.39, 0.29) is 11.5 Å². The molecule has 0 fully saturated rings. The summed E-state index contributed by atoms with van der Waals surface area (Å²) in [6.45, 7) is 6.13. The Morgan fingerprint density at radius 1 is 1.28 bits per heavy atom. The lowest BCUT2D eigenvalue weighted by Gasteiger charge is -2.30. The Balaban J connectivity index is 3.14. The molecule has 0 spiro atoms. The van der Waals surface area contributed by atoms with Crippen LogP contribution in [0.15, 0.2) is 18.2 Å². The monoisotopic (exact) mass is 258 g/mol. The molecule has 0 radical (unpaired) electrons. The van der Waals surface area contributed by atoms with Gasteiger partial charge < -0.3 is 4.74 Å². The number of nitrogens with one attached hydrogen (secondary N) is 1. The highest BCUT2D eigenvalue weighted by molar-refractivity contribution is 5.24. The van der Waals surface area contributed by atoms with Crippen LogP contribution in [0.5, 0.6) is 0 Å². The van der Waals surface area contributed by atoms with Crippen LogP contribution in [0.2, 0.25) is 0 Å². The molecular weight excluding hydrogens is 238 g/mol. The Labute approximate surface area is 106 Å². The number of hydrazine groups is 1. The van der Waals surface area contributed by atoms with Gasteiger partial charge in [0.05, 0.1) is 12.1 Å². The first-order valence-electron chi connectivity index (χ1n) is 6.04. The normalized spacial score (nSPS) is 14.8. The van der Waals surface area contributed by atoms with E-state index in [0.29, 0.717) is 6.61 Å². The summed E-state index contributed by atoms with van der Waals surface area (Å²) in [6.07, 6.45) is -0.397. The van der Waals surface area contributed by atoms with Gasteiger partial charge in [0.15, 0.2) is 0 Å². The second-order valence-corrected chi connectivity index (χ2v) is 4.44. The number of nitrogens with two attached hydrogens (primary N) is 1. The highest BCUT2D eigenvalue weighted by Gasteiger charge is 2.30. The van der Waals surface area contributed by atoms with Crippen LogP contribution >= 0.6 is 0 Å². The summed E-state index contributed by atoms with van der Waals surface area (Å²) < 4.78 is 33.1. The lowest BCUT2D eigenvalue weighted by Crippen LogP contribution is -2.41. The van der Waals surface area contributed by atoms with Gasteiger partial charge in [0, 0.05) is 12.2 Å². The van der Waals surface area contributed by atoms with E-state index in [1.54, 1.807) is 0 Å². The summed E-state index contributed by atoms with van der Waals surface area (Å²) in [5.74, 6) is 4.28. The zero-order valence-corrected chi connectivity index (χ0v) is 10.9. The largest absolute Gasteiger partial charge is 0.376 e. The third-order valence-corrected chi connectivity index (χ3v) is 2.83. The third kappa shape index (κ3) is 3.25. The maximum atomic E-state index is 13.8. The third-order valence-electron chi connectivity index (χ3n) is 2.83. The van der Waals surface area contributed by atoms with Crippen LogP contribution in [-0.4, -0.2) is 12.7 Å². The maximum absolute atomic E-state index is 13.8. The summed E-state index contributed by atoms with van der Waals surface area (Å²) in [4.78, 5) is 0. The molecule has 0 aliphatic carbocycles. The first kappa shape index (κ1) is 15.0. The summed E-state index contributed by atoms with van der Waals surface area (Å²) in [6, 6.07) is 3.04. The molecule has 0 amide bonds. The first-order valence-corrected chi connectivity index (χ1v) is 6.04. The Bertz CT molecular complexity index is 365. The minimum atomic E-state index is -0.717. The molecule has 0 aromatic heterocycles. The molecule has 0 aliphatic heterocycles. The molecule has 1 aromatic rings. The van der Waals surface area contributed by atoms with Crippen molar-refractivity contribution in [2.75, 3.05) is 6.61 Å². The van der Waals surface area contributed by atoms with Crippen LogP contribution in [0.25, 0.3) is 0 Å². The van der Waals surface area contributed by atoms with Crippen molar-refractivity contribution in [3.8, 4) is 0 Å². The molecule has 1 aromatic carbocycles. The van der Waals surface area contributed by atoms with Crippen LogP contribution in [-0.2, 0) is 4.74 Å². The molecule has 3 N–H and O–H groups in total. The molecule has 0 saturated carbocycles. The number of rotatable bonds is 6. The Morgan fingerprint density at radius 2 is 1.83 bits per heavy atom. The van der Waals surface area contributed by atoms with E-state index in [1.807, 2.05) is 20.8 Å². The molecule has 5 heteroatoms. The van der Waals surface area contributed by atoms with Crippen molar-refractivity contribution in [3.63, 3.8) is 0 Å². The smallest absolute Gasteiger partial charge is 0.131 e. The van der Waals surface area contributed by atoms with Crippen molar-refractivity contribution >= 4 is 0 Å². The van der Waals surface area contributed by atoms with Crippen molar-refractivity contribution in [1.82, 2.24) is 5.43 Å². The summed E-state index contributed by atoms with van der Waals surface area (Å²) in [7, 11) is 0. The Kier molecular flexibility index (Phi) is 5.65. The van der Waals surface area contributed by atoms with Crippen molar-refractivity contribution in [2.24, 2.45) is 11.8 Å². The molecule has 1 rings (SSSR count). The molecule has 3 nitrogen and oxygen atoms in total. The fourth-order valence-electron chi connectivity index (χ4n) is 2.02. The van der Waals surface area contributed by atoms with Gasteiger partial charge in [-0.1, -0.05) is 19.9 Å². The highest BCUT2D eigenvalue weighted by atomic mass is 19.1. The molecule has 0 heterocycles. The second kappa shape index (κ2) is 6.78. The summed E-state index contributed by atoms with van der Waals surface area (Å²) in [5.41, 5.74) is 2.38. The predicted molar refractivity (Wildman–Crippen MR) is 66.7 cm³/mol. The predicted octanol–water partition coefficient (Wildman–Crippen LogP) is 2.53. The number of benzene rings is 1. The Hall–Kier alpha value is -1.04. The van der Waals surface area contributed by atoms with E-state index < -0.39 is 23.8 Å². The average molecular weight is 258 g/mol.